The van der Waals surface area contributed by atoms with E-state index in [1.54, 1.807) is 0 Å². The maximum absolute atomic E-state index is 5.62. The number of ether oxygens (including phenoxy) is 1. The van der Waals surface area contributed by atoms with Crippen molar-refractivity contribution in [2.75, 3.05) is 32.8 Å². The van der Waals surface area contributed by atoms with E-state index in [0.717, 1.165) is 13.2 Å². The minimum absolute atomic E-state index is 0.468. The molecule has 3 fully saturated rings. The van der Waals surface area contributed by atoms with E-state index in [1.807, 2.05) is 0 Å². The number of nitrogens with zero attached hydrogens (tertiary/aromatic N) is 1. The quantitative estimate of drug-likeness (QED) is 0.728. The van der Waals surface area contributed by atoms with Crippen LogP contribution >= 0.6 is 0 Å². The number of piperazine rings is 1. The van der Waals surface area contributed by atoms with Gasteiger partial charge < -0.3 is 10.1 Å². The number of nitrogens with one attached hydrogen (secondary N) is 1. The van der Waals surface area contributed by atoms with E-state index in [-0.39, 0.29) is 0 Å². The Morgan fingerprint density at radius 3 is 2.81 bits per heavy atom. The van der Waals surface area contributed by atoms with Gasteiger partial charge >= 0.3 is 0 Å². The minimum atomic E-state index is 0.468. The number of hydrogen-bond donors (Lipinski definition) is 1. The van der Waals surface area contributed by atoms with Crippen LogP contribution in [0.15, 0.2) is 0 Å². The van der Waals surface area contributed by atoms with Crippen LogP contribution in [0.2, 0.25) is 0 Å². The third-order valence-electron chi connectivity index (χ3n) is 4.62. The molecule has 3 aliphatic rings. The molecule has 3 nitrogen and oxygen atoms in total. The standard InChI is InChI=1S/C13H24N2O/c1-2-6-13(5-1)11-15(8-7-14-13)12-4-3-9-16-10-12/h12,14H,1-11H2. The fourth-order valence-corrected chi connectivity index (χ4v) is 3.70. The lowest BCUT2D eigenvalue weighted by Crippen LogP contribution is -2.62. The van der Waals surface area contributed by atoms with Gasteiger partial charge in [0.25, 0.3) is 0 Å². The third-order valence-corrected chi connectivity index (χ3v) is 4.62. The molecule has 1 saturated carbocycles. The van der Waals surface area contributed by atoms with E-state index in [2.05, 4.69) is 10.2 Å². The molecule has 16 heavy (non-hydrogen) atoms. The highest BCUT2D eigenvalue weighted by Gasteiger charge is 2.39. The fraction of sp³-hybridized carbons (Fsp3) is 1.00. The van der Waals surface area contributed by atoms with Crippen molar-refractivity contribution < 1.29 is 4.74 Å². The average molecular weight is 224 g/mol. The lowest BCUT2D eigenvalue weighted by molar-refractivity contribution is -0.00477. The van der Waals surface area contributed by atoms with Gasteiger partial charge in [-0.25, -0.2) is 0 Å². The van der Waals surface area contributed by atoms with Gasteiger partial charge in [0.05, 0.1) is 6.61 Å². The highest BCUT2D eigenvalue weighted by Crippen LogP contribution is 2.33. The van der Waals surface area contributed by atoms with E-state index in [1.165, 1.54) is 58.2 Å². The molecule has 92 valence electrons. The van der Waals surface area contributed by atoms with Gasteiger partial charge in [-0.3, -0.25) is 4.90 Å². The minimum Gasteiger partial charge on any atom is -0.380 e. The summed E-state index contributed by atoms with van der Waals surface area (Å²) in [6.45, 7) is 5.61. The van der Waals surface area contributed by atoms with E-state index in [9.17, 15) is 0 Å². The second kappa shape index (κ2) is 4.63. The van der Waals surface area contributed by atoms with Crippen LogP contribution in [0, 0.1) is 0 Å². The van der Waals surface area contributed by atoms with Crippen molar-refractivity contribution in [2.45, 2.75) is 50.1 Å². The van der Waals surface area contributed by atoms with Gasteiger partial charge in [0, 0.05) is 37.8 Å². The molecule has 1 spiro atoms. The van der Waals surface area contributed by atoms with Gasteiger partial charge in [-0.2, -0.15) is 0 Å². The average Bonchev–Trinajstić information content (AvgIpc) is 2.78. The van der Waals surface area contributed by atoms with Crippen molar-refractivity contribution in [1.82, 2.24) is 10.2 Å². The summed E-state index contributed by atoms with van der Waals surface area (Å²) in [5, 5.41) is 3.78. The Morgan fingerprint density at radius 1 is 1.19 bits per heavy atom. The molecule has 1 aliphatic carbocycles. The third kappa shape index (κ3) is 2.13. The van der Waals surface area contributed by atoms with E-state index in [0.29, 0.717) is 11.6 Å². The van der Waals surface area contributed by atoms with Crippen molar-refractivity contribution >= 4 is 0 Å². The van der Waals surface area contributed by atoms with E-state index in [4.69, 9.17) is 4.74 Å². The predicted molar refractivity (Wildman–Crippen MR) is 64.6 cm³/mol. The summed E-state index contributed by atoms with van der Waals surface area (Å²) in [4.78, 5) is 2.70. The molecular formula is C13H24N2O. The Morgan fingerprint density at radius 2 is 2.06 bits per heavy atom. The van der Waals surface area contributed by atoms with Crippen LogP contribution in [0.25, 0.3) is 0 Å². The van der Waals surface area contributed by atoms with Crippen molar-refractivity contribution in [3.8, 4) is 0 Å². The first-order valence-electron chi connectivity index (χ1n) is 6.95. The van der Waals surface area contributed by atoms with Crippen LogP contribution in [-0.4, -0.2) is 49.3 Å². The normalized spacial score (nSPS) is 35.6. The molecule has 0 radical (unpaired) electrons. The summed E-state index contributed by atoms with van der Waals surface area (Å²) < 4.78 is 5.62. The second-order valence-electron chi connectivity index (χ2n) is 5.76. The van der Waals surface area contributed by atoms with Gasteiger partial charge in [-0.15, -0.1) is 0 Å². The van der Waals surface area contributed by atoms with Crippen molar-refractivity contribution in [1.29, 1.82) is 0 Å². The Hall–Kier alpha value is -0.120. The van der Waals surface area contributed by atoms with Gasteiger partial charge in [0.2, 0.25) is 0 Å². The Bertz CT molecular complexity index is 232. The molecule has 1 atom stereocenters. The van der Waals surface area contributed by atoms with Crippen LogP contribution in [-0.2, 0) is 4.74 Å². The molecule has 0 bridgehead atoms. The Labute approximate surface area is 98.5 Å². The summed E-state index contributed by atoms with van der Waals surface area (Å²) >= 11 is 0. The molecule has 0 aromatic rings. The maximum Gasteiger partial charge on any atom is 0.0621 e. The fourth-order valence-electron chi connectivity index (χ4n) is 3.70. The van der Waals surface area contributed by atoms with Crippen LogP contribution in [0.4, 0.5) is 0 Å². The first kappa shape index (κ1) is 11.0. The molecule has 1 N–H and O–H groups in total. The highest BCUT2D eigenvalue weighted by atomic mass is 16.5. The Balaban J connectivity index is 1.62. The van der Waals surface area contributed by atoms with Crippen molar-refractivity contribution in [3.63, 3.8) is 0 Å². The summed E-state index contributed by atoms with van der Waals surface area (Å²) in [7, 11) is 0. The first-order valence-corrected chi connectivity index (χ1v) is 6.95. The monoisotopic (exact) mass is 224 g/mol. The Kier molecular flexibility index (Phi) is 3.18. The zero-order valence-corrected chi connectivity index (χ0v) is 10.2. The molecule has 2 saturated heterocycles. The number of rotatable bonds is 1. The number of hydrogen-bond acceptors (Lipinski definition) is 3. The first-order chi connectivity index (χ1) is 7.88. The molecule has 3 heteroatoms. The zero-order chi connectivity index (χ0) is 10.8. The van der Waals surface area contributed by atoms with Crippen LogP contribution in [0.5, 0.6) is 0 Å². The van der Waals surface area contributed by atoms with Crippen molar-refractivity contribution in [3.05, 3.63) is 0 Å². The van der Waals surface area contributed by atoms with Gasteiger partial charge in [-0.05, 0) is 25.7 Å². The van der Waals surface area contributed by atoms with Gasteiger partial charge in [0.1, 0.15) is 0 Å². The zero-order valence-electron chi connectivity index (χ0n) is 10.2. The lowest BCUT2D eigenvalue weighted by Gasteiger charge is -2.45. The van der Waals surface area contributed by atoms with Gasteiger partial charge in [0.15, 0.2) is 0 Å². The molecule has 1 unspecified atom stereocenters. The predicted octanol–water partition coefficient (Wildman–Crippen LogP) is 1.38. The topological polar surface area (TPSA) is 24.5 Å². The SMILES string of the molecule is C1COCC(N2CCNC3(CCCC3)C2)C1. The molecule has 0 amide bonds. The van der Waals surface area contributed by atoms with Crippen LogP contribution in [0.1, 0.15) is 38.5 Å². The lowest BCUT2D eigenvalue weighted by atomic mass is 9.93. The molecular weight excluding hydrogens is 200 g/mol. The molecule has 2 aliphatic heterocycles. The molecule has 2 heterocycles. The van der Waals surface area contributed by atoms with Crippen LogP contribution < -0.4 is 5.32 Å². The largest absolute Gasteiger partial charge is 0.380 e. The molecule has 0 aromatic carbocycles. The smallest absolute Gasteiger partial charge is 0.0621 e. The summed E-state index contributed by atoms with van der Waals surface area (Å²) in [6, 6.07) is 0.702. The van der Waals surface area contributed by atoms with Gasteiger partial charge in [-0.1, -0.05) is 12.8 Å². The molecule has 3 rings (SSSR count). The summed E-state index contributed by atoms with van der Waals surface area (Å²) in [5.41, 5.74) is 0.468. The van der Waals surface area contributed by atoms with Crippen LogP contribution in [0.3, 0.4) is 0 Å². The maximum atomic E-state index is 5.62. The highest BCUT2D eigenvalue weighted by molar-refractivity contribution is 4.99. The van der Waals surface area contributed by atoms with E-state index < -0.39 is 0 Å². The van der Waals surface area contributed by atoms with E-state index >= 15 is 0 Å². The summed E-state index contributed by atoms with van der Waals surface area (Å²) in [5.74, 6) is 0. The van der Waals surface area contributed by atoms with Crippen molar-refractivity contribution in [2.24, 2.45) is 0 Å². The summed E-state index contributed by atoms with van der Waals surface area (Å²) in [6.07, 6.45) is 8.20. The second-order valence-corrected chi connectivity index (χ2v) is 5.76. The molecule has 0 aromatic heterocycles.